The second kappa shape index (κ2) is 5.64. The molecular formula is C12H18ClN3O2S. The summed E-state index contributed by atoms with van der Waals surface area (Å²) in [7, 11) is -3.57. The van der Waals surface area contributed by atoms with Gasteiger partial charge < -0.3 is 0 Å². The molecule has 1 fully saturated rings. The highest BCUT2D eigenvalue weighted by Gasteiger charge is 2.30. The molecule has 1 aliphatic rings. The van der Waals surface area contributed by atoms with Gasteiger partial charge in [0.25, 0.3) is 0 Å². The summed E-state index contributed by atoms with van der Waals surface area (Å²) in [4.78, 5) is 3.86. The Morgan fingerprint density at radius 3 is 2.58 bits per heavy atom. The summed E-state index contributed by atoms with van der Waals surface area (Å²) < 4.78 is 28.6. The number of halogens is 1. The summed E-state index contributed by atoms with van der Waals surface area (Å²) in [6.45, 7) is 5.21. The number of nitrogens with one attached hydrogen (secondary N) is 1. The molecule has 0 spiro atoms. The molecule has 5 nitrogen and oxygen atoms in total. The zero-order chi connectivity index (χ0) is 14.0. The Morgan fingerprint density at radius 2 is 2.00 bits per heavy atom. The molecule has 1 saturated heterocycles. The Kier molecular flexibility index (Phi) is 4.32. The van der Waals surface area contributed by atoms with E-state index >= 15 is 0 Å². The molecule has 2 rings (SSSR count). The van der Waals surface area contributed by atoms with Gasteiger partial charge in [-0.25, -0.2) is 4.98 Å². The van der Waals surface area contributed by atoms with E-state index in [-0.39, 0.29) is 5.15 Å². The predicted molar refractivity (Wildman–Crippen MR) is 76.3 cm³/mol. The van der Waals surface area contributed by atoms with Crippen LogP contribution in [-0.2, 0) is 10.2 Å². The van der Waals surface area contributed by atoms with Crippen LogP contribution in [0.5, 0.6) is 0 Å². The Hall–Kier alpha value is -0.850. The molecule has 1 aromatic rings. The molecule has 2 atom stereocenters. The van der Waals surface area contributed by atoms with Crippen LogP contribution in [0.15, 0.2) is 18.3 Å². The van der Waals surface area contributed by atoms with Gasteiger partial charge in [-0.2, -0.15) is 12.7 Å². The lowest BCUT2D eigenvalue weighted by Gasteiger charge is -2.34. The third kappa shape index (κ3) is 3.58. The molecule has 1 aliphatic heterocycles. The maximum absolute atomic E-state index is 12.3. The van der Waals surface area contributed by atoms with E-state index in [0.717, 1.165) is 6.42 Å². The second-order valence-corrected chi connectivity index (χ2v) is 7.24. The fourth-order valence-electron chi connectivity index (χ4n) is 2.47. The van der Waals surface area contributed by atoms with Crippen LogP contribution in [0.2, 0.25) is 5.15 Å². The molecule has 1 N–H and O–H groups in total. The number of nitrogens with zero attached hydrogens (tertiary/aromatic N) is 2. The summed E-state index contributed by atoms with van der Waals surface area (Å²) in [5.41, 5.74) is 0.315. The van der Waals surface area contributed by atoms with Crippen molar-refractivity contribution in [1.82, 2.24) is 9.29 Å². The van der Waals surface area contributed by atoms with Gasteiger partial charge in [-0.05, 0) is 30.4 Å². The topological polar surface area (TPSA) is 62.3 Å². The average molecular weight is 304 g/mol. The Labute approximate surface area is 119 Å². The highest BCUT2D eigenvalue weighted by molar-refractivity contribution is 7.90. The van der Waals surface area contributed by atoms with Crippen LogP contribution in [0.25, 0.3) is 0 Å². The molecule has 0 bridgehead atoms. The van der Waals surface area contributed by atoms with E-state index in [2.05, 4.69) is 23.6 Å². The van der Waals surface area contributed by atoms with E-state index < -0.39 is 10.2 Å². The van der Waals surface area contributed by atoms with Gasteiger partial charge in [0.1, 0.15) is 0 Å². The standard InChI is InChI=1S/C12H18ClN3O2S/c1-9-6-10(2)8-16(7-9)19(17,18)15-11-4-3-5-14-12(11)13/h3-5,9-10,15H,6-8H2,1-2H3. The number of piperidine rings is 1. The van der Waals surface area contributed by atoms with Crippen molar-refractivity contribution >= 4 is 27.5 Å². The quantitative estimate of drug-likeness (QED) is 0.872. The highest BCUT2D eigenvalue weighted by atomic mass is 35.5. The molecule has 0 aliphatic carbocycles. The summed E-state index contributed by atoms with van der Waals surface area (Å²) in [6.07, 6.45) is 2.57. The third-order valence-corrected chi connectivity index (χ3v) is 4.93. The minimum Gasteiger partial charge on any atom is -0.268 e. The first-order chi connectivity index (χ1) is 8.88. The maximum Gasteiger partial charge on any atom is 0.301 e. The first-order valence-corrected chi connectivity index (χ1v) is 8.08. The van der Waals surface area contributed by atoms with Crippen LogP contribution < -0.4 is 4.72 Å². The predicted octanol–water partition coefficient (Wildman–Crippen LogP) is 2.37. The van der Waals surface area contributed by atoms with Gasteiger partial charge in [-0.3, -0.25) is 4.72 Å². The van der Waals surface area contributed by atoms with Gasteiger partial charge in [0.2, 0.25) is 0 Å². The largest absolute Gasteiger partial charge is 0.301 e. The van der Waals surface area contributed by atoms with E-state index in [1.165, 1.54) is 10.5 Å². The van der Waals surface area contributed by atoms with Crippen LogP contribution in [0.4, 0.5) is 5.69 Å². The van der Waals surface area contributed by atoms with Crippen LogP contribution in [0.1, 0.15) is 20.3 Å². The van der Waals surface area contributed by atoms with Crippen molar-refractivity contribution in [2.45, 2.75) is 20.3 Å². The van der Waals surface area contributed by atoms with Crippen LogP contribution >= 0.6 is 11.6 Å². The highest BCUT2D eigenvalue weighted by Crippen LogP contribution is 2.25. The molecule has 1 aromatic heterocycles. The van der Waals surface area contributed by atoms with Gasteiger partial charge in [0, 0.05) is 19.3 Å². The van der Waals surface area contributed by atoms with Crippen LogP contribution in [-0.4, -0.2) is 30.8 Å². The zero-order valence-corrected chi connectivity index (χ0v) is 12.6. The molecule has 0 saturated carbocycles. The second-order valence-electron chi connectivity index (χ2n) is 5.21. The molecule has 7 heteroatoms. The van der Waals surface area contributed by atoms with Crippen molar-refractivity contribution in [3.63, 3.8) is 0 Å². The first kappa shape index (κ1) is 14.6. The molecule has 2 unspecified atom stereocenters. The van der Waals surface area contributed by atoms with Crippen molar-refractivity contribution in [1.29, 1.82) is 0 Å². The number of aromatic nitrogens is 1. The summed E-state index contributed by atoms with van der Waals surface area (Å²) in [6, 6.07) is 3.24. The minimum absolute atomic E-state index is 0.157. The van der Waals surface area contributed by atoms with Crippen LogP contribution in [0.3, 0.4) is 0 Å². The summed E-state index contributed by atoms with van der Waals surface area (Å²) >= 11 is 5.87. The fraction of sp³-hybridized carbons (Fsp3) is 0.583. The Bertz CT molecular complexity index is 540. The van der Waals surface area contributed by atoms with Crippen molar-refractivity contribution in [2.75, 3.05) is 17.8 Å². The van der Waals surface area contributed by atoms with Gasteiger partial charge in [-0.15, -0.1) is 0 Å². The maximum atomic E-state index is 12.3. The SMILES string of the molecule is CC1CC(C)CN(S(=O)(=O)Nc2cccnc2Cl)C1. The lowest BCUT2D eigenvalue weighted by molar-refractivity contribution is 0.223. The monoisotopic (exact) mass is 303 g/mol. The molecule has 2 heterocycles. The average Bonchev–Trinajstić information content (AvgIpc) is 2.31. The minimum atomic E-state index is -3.57. The normalized spacial score (nSPS) is 25.2. The number of rotatable bonds is 3. The lowest BCUT2D eigenvalue weighted by atomic mass is 9.94. The van der Waals surface area contributed by atoms with Gasteiger partial charge in [0.05, 0.1) is 5.69 Å². The first-order valence-electron chi connectivity index (χ1n) is 6.27. The van der Waals surface area contributed by atoms with Crippen molar-refractivity contribution in [2.24, 2.45) is 11.8 Å². The van der Waals surface area contributed by atoms with E-state index in [9.17, 15) is 8.42 Å². The van der Waals surface area contributed by atoms with Gasteiger partial charge in [0.15, 0.2) is 5.15 Å². The lowest BCUT2D eigenvalue weighted by Crippen LogP contribution is -2.45. The Morgan fingerprint density at radius 1 is 1.37 bits per heavy atom. The van der Waals surface area contributed by atoms with Gasteiger partial charge in [-0.1, -0.05) is 25.4 Å². The van der Waals surface area contributed by atoms with Crippen molar-refractivity contribution < 1.29 is 8.42 Å². The third-order valence-electron chi connectivity index (χ3n) is 3.17. The molecule has 19 heavy (non-hydrogen) atoms. The zero-order valence-electron chi connectivity index (χ0n) is 11.0. The van der Waals surface area contributed by atoms with Crippen molar-refractivity contribution in [3.8, 4) is 0 Å². The number of hydrogen-bond acceptors (Lipinski definition) is 3. The summed E-state index contributed by atoms with van der Waals surface area (Å²) in [5, 5.41) is 0.157. The molecule has 0 aromatic carbocycles. The molecule has 106 valence electrons. The van der Waals surface area contributed by atoms with E-state index in [0.29, 0.717) is 30.6 Å². The van der Waals surface area contributed by atoms with Crippen LogP contribution in [0, 0.1) is 11.8 Å². The van der Waals surface area contributed by atoms with E-state index in [4.69, 9.17) is 11.6 Å². The van der Waals surface area contributed by atoms with Crippen molar-refractivity contribution in [3.05, 3.63) is 23.5 Å². The smallest absolute Gasteiger partial charge is 0.268 e. The van der Waals surface area contributed by atoms with E-state index in [1.807, 2.05) is 0 Å². The number of hydrogen-bond donors (Lipinski definition) is 1. The molecule has 0 radical (unpaired) electrons. The number of anilines is 1. The molecule has 0 amide bonds. The van der Waals surface area contributed by atoms with Gasteiger partial charge >= 0.3 is 10.2 Å². The molecular weight excluding hydrogens is 286 g/mol. The fourth-order valence-corrected chi connectivity index (χ4v) is 4.16. The number of pyridine rings is 1. The van der Waals surface area contributed by atoms with E-state index in [1.54, 1.807) is 12.1 Å². The Balaban J connectivity index is 2.16. The summed E-state index contributed by atoms with van der Waals surface area (Å²) in [5.74, 6) is 0.731.